The quantitative estimate of drug-likeness (QED) is 0.835. The van der Waals surface area contributed by atoms with Crippen LogP contribution in [0.5, 0.6) is 0 Å². The summed E-state index contributed by atoms with van der Waals surface area (Å²) in [7, 11) is -0.992. The lowest BCUT2D eigenvalue weighted by molar-refractivity contribution is -0.126. The lowest BCUT2D eigenvalue weighted by atomic mass is 10.1. The van der Waals surface area contributed by atoms with Gasteiger partial charge in [0.1, 0.15) is 6.10 Å². The second kappa shape index (κ2) is 8.84. The van der Waals surface area contributed by atoms with Gasteiger partial charge < -0.3 is 15.8 Å². The van der Waals surface area contributed by atoms with Crippen molar-refractivity contribution < 1.29 is 13.7 Å². The van der Waals surface area contributed by atoms with Gasteiger partial charge in [-0.15, -0.1) is 12.4 Å². The summed E-state index contributed by atoms with van der Waals surface area (Å²) in [5, 5.41) is 3.35. The molecular weight excluding hydrogens is 347 g/mol. The SMILES string of the molecule is CS(=O)Cc1cc(NC(=O)[C@@H]2CC[C@H](CN)O2)ccc1Cl.Cl. The Morgan fingerprint density at radius 1 is 1.50 bits per heavy atom. The van der Waals surface area contributed by atoms with Crippen LogP contribution in [0.2, 0.25) is 5.02 Å². The van der Waals surface area contributed by atoms with Crippen LogP contribution in [0.3, 0.4) is 0 Å². The Kier molecular flexibility index (Phi) is 7.79. The van der Waals surface area contributed by atoms with Crippen molar-refractivity contribution >= 4 is 46.4 Å². The molecule has 0 spiro atoms. The van der Waals surface area contributed by atoms with Crippen molar-refractivity contribution in [3.63, 3.8) is 0 Å². The summed E-state index contributed by atoms with van der Waals surface area (Å²) < 4.78 is 16.9. The van der Waals surface area contributed by atoms with Crippen LogP contribution in [0.25, 0.3) is 0 Å². The summed E-state index contributed by atoms with van der Waals surface area (Å²) in [6.45, 7) is 0.428. The first-order chi connectivity index (χ1) is 9.99. The van der Waals surface area contributed by atoms with E-state index in [1.807, 2.05) is 0 Å². The molecule has 1 aromatic carbocycles. The summed E-state index contributed by atoms with van der Waals surface area (Å²) in [6, 6.07) is 5.16. The van der Waals surface area contributed by atoms with Gasteiger partial charge >= 0.3 is 0 Å². The molecule has 1 unspecified atom stereocenters. The van der Waals surface area contributed by atoms with E-state index < -0.39 is 16.9 Å². The summed E-state index contributed by atoms with van der Waals surface area (Å²) in [5.41, 5.74) is 6.91. The number of hydrogen-bond acceptors (Lipinski definition) is 4. The van der Waals surface area contributed by atoms with E-state index in [0.717, 1.165) is 12.0 Å². The molecule has 0 aromatic heterocycles. The van der Waals surface area contributed by atoms with Gasteiger partial charge in [0.05, 0.1) is 6.10 Å². The number of amides is 1. The first kappa shape index (κ1) is 19.4. The fourth-order valence-electron chi connectivity index (χ4n) is 2.28. The number of nitrogens with two attached hydrogens (primary N) is 1. The molecule has 124 valence electrons. The minimum absolute atomic E-state index is 0. The molecule has 0 aliphatic carbocycles. The third-order valence-electron chi connectivity index (χ3n) is 3.33. The fourth-order valence-corrected chi connectivity index (χ4v) is 3.22. The summed E-state index contributed by atoms with van der Waals surface area (Å²) in [4.78, 5) is 12.1. The average Bonchev–Trinajstić information content (AvgIpc) is 2.91. The molecule has 1 amide bonds. The number of carbonyl (C=O) groups is 1. The van der Waals surface area contributed by atoms with Crippen LogP contribution in [0.1, 0.15) is 18.4 Å². The van der Waals surface area contributed by atoms with Gasteiger partial charge in [-0.3, -0.25) is 9.00 Å². The number of halogens is 2. The third kappa shape index (κ3) is 5.21. The first-order valence-electron chi connectivity index (χ1n) is 6.74. The molecule has 5 nitrogen and oxygen atoms in total. The Labute approximate surface area is 143 Å². The van der Waals surface area contributed by atoms with E-state index in [9.17, 15) is 9.00 Å². The van der Waals surface area contributed by atoms with Crippen LogP contribution in [-0.4, -0.2) is 35.1 Å². The number of hydrogen-bond donors (Lipinski definition) is 2. The number of anilines is 1. The van der Waals surface area contributed by atoms with E-state index in [2.05, 4.69) is 5.32 Å². The minimum atomic E-state index is -0.992. The summed E-state index contributed by atoms with van der Waals surface area (Å²) >= 11 is 6.06. The van der Waals surface area contributed by atoms with Crippen LogP contribution in [0.4, 0.5) is 5.69 Å². The third-order valence-corrected chi connectivity index (χ3v) is 4.42. The highest BCUT2D eigenvalue weighted by Crippen LogP contribution is 2.24. The minimum Gasteiger partial charge on any atom is -0.364 e. The summed E-state index contributed by atoms with van der Waals surface area (Å²) in [5.74, 6) is 0.175. The molecule has 3 N–H and O–H groups in total. The van der Waals surface area contributed by atoms with Crippen LogP contribution in [0, 0.1) is 0 Å². The van der Waals surface area contributed by atoms with Gasteiger partial charge in [-0.25, -0.2) is 0 Å². The highest BCUT2D eigenvalue weighted by Gasteiger charge is 2.29. The molecule has 22 heavy (non-hydrogen) atoms. The predicted octanol–water partition coefficient (Wildman–Crippen LogP) is 2.09. The first-order valence-corrected chi connectivity index (χ1v) is 8.85. The van der Waals surface area contributed by atoms with Crippen molar-refractivity contribution in [1.29, 1.82) is 0 Å². The molecule has 3 atom stereocenters. The van der Waals surface area contributed by atoms with Gasteiger partial charge in [0, 0.05) is 40.1 Å². The Bertz CT molecular complexity index is 557. The second-order valence-corrected chi connectivity index (χ2v) is 6.92. The molecule has 1 aromatic rings. The average molecular weight is 367 g/mol. The molecular formula is C14H20Cl2N2O3S. The van der Waals surface area contributed by atoms with Crippen LogP contribution in [-0.2, 0) is 26.1 Å². The molecule has 8 heteroatoms. The Balaban J connectivity index is 0.00000242. The standard InChI is InChI=1S/C14H19ClN2O3S.ClH/c1-21(19)8-9-6-10(2-4-12(9)15)17-14(18)13-5-3-11(7-16)20-13;/h2,4,6,11,13H,3,5,7-8,16H2,1H3,(H,17,18);1H/t11-,13+,21?;/m1./s1. The van der Waals surface area contributed by atoms with Crippen LogP contribution < -0.4 is 11.1 Å². The number of benzene rings is 1. The molecule has 1 fully saturated rings. The van der Waals surface area contributed by atoms with Crippen molar-refractivity contribution in [2.24, 2.45) is 5.73 Å². The summed E-state index contributed by atoms with van der Waals surface area (Å²) in [6.07, 6.45) is 2.59. The maximum atomic E-state index is 12.1. The van der Waals surface area contributed by atoms with E-state index in [-0.39, 0.29) is 24.4 Å². The van der Waals surface area contributed by atoms with Crippen LogP contribution in [0.15, 0.2) is 18.2 Å². The van der Waals surface area contributed by atoms with E-state index in [4.69, 9.17) is 22.1 Å². The van der Waals surface area contributed by atoms with Crippen molar-refractivity contribution in [3.05, 3.63) is 28.8 Å². The number of carbonyl (C=O) groups excluding carboxylic acids is 1. The largest absolute Gasteiger partial charge is 0.364 e. The highest BCUT2D eigenvalue weighted by molar-refractivity contribution is 7.83. The van der Waals surface area contributed by atoms with Gasteiger partial charge in [0.15, 0.2) is 0 Å². The molecule has 2 rings (SSSR count). The van der Waals surface area contributed by atoms with E-state index in [0.29, 0.717) is 29.4 Å². The molecule has 1 aliphatic rings. The van der Waals surface area contributed by atoms with E-state index >= 15 is 0 Å². The normalized spacial score (nSPS) is 22.0. The van der Waals surface area contributed by atoms with Crippen LogP contribution >= 0.6 is 24.0 Å². The predicted molar refractivity (Wildman–Crippen MR) is 92.0 cm³/mol. The zero-order valence-electron chi connectivity index (χ0n) is 12.2. The van der Waals surface area contributed by atoms with Crippen molar-refractivity contribution in [3.8, 4) is 0 Å². The maximum Gasteiger partial charge on any atom is 0.253 e. The van der Waals surface area contributed by atoms with E-state index in [1.165, 1.54) is 0 Å². The van der Waals surface area contributed by atoms with Gasteiger partial charge in [0.2, 0.25) is 0 Å². The van der Waals surface area contributed by atoms with Gasteiger partial charge in [-0.05, 0) is 36.6 Å². The zero-order valence-corrected chi connectivity index (χ0v) is 14.6. The van der Waals surface area contributed by atoms with Crippen molar-refractivity contribution in [2.75, 3.05) is 18.1 Å². The highest BCUT2D eigenvalue weighted by atomic mass is 35.5. The number of ether oxygens (including phenoxy) is 1. The Morgan fingerprint density at radius 3 is 2.82 bits per heavy atom. The lowest BCUT2D eigenvalue weighted by Crippen LogP contribution is -2.29. The monoisotopic (exact) mass is 366 g/mol. The topological polar surface area (TPSA) is 81.4 Å². The molecule has 1 aliphatic heterocycles. The van der Waals surface area contributed by atoms with Crippen molar-refractivity contribution in [1.82, 2.24) is 0 Å². The Hall–Kier alpha value is -0.660. The van der Waals surface area contributed by atoms with E-state index in [1.54, 1.807) is 24.5 Å². The molecule has 1 saturated heterocycles. The second-order valence-electron chi connectivity index (χ2n) is 5.07. The molecule has 0 bridgehead atoms. The van der Waals surface area contributed by atoms with Crippen molar-refractivity contribution in [2.45, 2.75) is 30.8 Å². The van der Waals surface area contributed by atoms with Gasteiger partial charge in [-0.2, -0.15) is 0 Å². The Morgan fingerprint density at radius 2 is 2.23 bits per heavy atom. The smallest absolute Gasteiger partial charge is 0.253 e. The fraction of sp³-hybridized carbons (Fsp3) is 0.500. The molecule has 0 radical (unpaired) electrons. The zero-order chi connectivity index (χ0) is 15.4. The maximum absolute atomic E-state index is 12.1. The molecule has 1 heterocycles. The number of nitrogens with one attached hydrogen (secondary N) is 1. The van der Waals surface area contributed by atoms with Gasteiger partial charge in [-0.1, -0.05) is 11.6 Å². The molecule has 0 saturated carbocycles. The number of rotatable bonds is 5. The van der Waals surface area contributed by atoms with Gasteiger partial charge in [0.25, 0.3) is 5.91 Å². The lowest BCUT2D eigenvalue weighted by Gasteiger charge is -2.13.